The van der Waals surface area contributed by atoms with Crippen molar-refractivity contribution in [2.24, 2.45) is 0 Å². The molecule has 3 N–H and O–H groups in total. The molecule has 0 radical (unpaired) electrons. The molecule has 124 valence electrons. The molecule has 0 unspecified atom stereocenters. The molecule has 0 saturated carbocycles. The highest BCUT2D eigenvalue weighted by atomic mass is 32.2. The van der Waals surface area contributed by atoms with Gasteiger partial charge in [0.15, 0.2) is 0 Å². The Balaban J connectivity index is 2.85. The molecule has 0 aliphatic rings. The minimum atomic E-state index is -0.653. The van der Waals surface area contributed by atoms with E-state index in [0.717, 1.165) is 17.1 Å². The van der Waals surface area contributed by atoms with E-state index in [2.05, 4.69) is 20.6 Å². The third-order valence-corrected chi connectivity index (χ3v) is 3.71. The average Bonchev–Trinajstić information content (AvgIpc) is 2.41. The minimum absolute atomic E-state index is 0.117. The molecule has 6 nitrogen and oxygen atoms in total. The van der Waals surface area contributed by atoms with Crippen molar-refractivity contribution in [1.29, 1.82) is 0 Å². The number of amides is 1. The van der Waals surface area contributed by atoms with Crippen LogP contribution in [0.3, 0.4) is 0 Å². The zero-order chi connectivity index (χ0) is 16.8. The Labute approximate surface area is 136 Å². The number of carbonyl (C=O) groups excluding carboxylic acids is 1. The first-order chi connectivity index (χ1) is 10.3. The van der Waals surface area contributed by atoms with Gasteiger partial charge in [-0.1, -0.05) is 0 Å². The highest BCUT2D eigenvalue weighted by Crippen LogP contribution is 2.11. The van der Waals surface area contributed by atoms with E-state index < -0.39 is 11.6 Å². The number of hydrogen-bond acceptors (Lipinski definition) is 6. The fraction of sp³-hybridized carbons (Fsp3) is 0.667. The Bertz CT molecular complexity index is 488. The molecular formula is C15H26N4O2S. The van der Waals surface area contributed by atoms with E-state index in [-0.39, 0.29) is 12.5 Å². The number of carbonyl (C=O) groups is 1. The summed E-state index contributed by atoms with van der Waals surface area (Å²) in [5.74, 6) is 1.14. The molecule has 1 atom stereocenters. The third kappa shape index (κ3) is 6.19. The fourth-order valence-corrected chi connectivity index (χ4v) is 2.38. The van der Waals surface area contributed by atoms with E-state index in [1.807, 2.05) is 26.2 Å². The summed E-state index contributed by atoms with van der Waals surface area (Å²) < 4.78 is 0. The molecule has 0 aliphatic heterocycles. The van der Waals surface area contributed by atoms with Gasteiger partial charge in [0.2, 0.25) is 11.9 Å². The number of aliphatic hydroxyl groups excluding tert-OH is 1. The second kappa shape index (κ2) is 8.33. The summed E-state index contributed by atoms with van der Waals surface area (Å²) in [7, 11) is 0. The molecule has 0 saturated heterocycles. The average molecular weight is 326 g/mol. The van der Waals surface area contributed by atoms with Gasteiger partial charge in [0.1, 0.15) is 6.04 Å². The first kappa shape index (κ1) is 18.7. The van der Waals surface area contributed by atoms with Gasteiger partial charge in [0, 0.05) is 11.4 Å². The maximum Gasteiger partial charge on any atom is 0.243 e. The predicted molar refractivity (Wildman–Crippen MR) is 91.2 cm³/mol. The number of hydrogen-bond donors (Lipinski definition) is 3. The number of anilines is 1. The van der Waals surface area contributed by atoms with Crippen LogP contribution >= 0.6 is 11.8 Å². The predicted octanol–water partition coefficient (Wildman–Crippen LogP) is 1.51. The van der Waals surface area contributed by atoms with Gasteiger partial charge >= 0.3 is 0 Å². The normalized spacial score (nSPS) is 12.8. The van der Waals surface area contributed by atoms with Crippen LogP contribution in [-0.2, 0) is 4.79 Å². The molecule has 0 aromatic carbocycles. The van der Waals surface area contributed by atoms with Crippen LogP contribution in [0.15, 0.2) is 6.07 Å². The molecule has 1 heterocycles. The number of thioether (sulfide) groups is 1. The van der Waals surface area contributed by atoms with Crippen LogP contribution in [0.2, 0.25) is 0 Å². The van der Waals surface area contributed by atoms with Crippen molar-refractivity contribution in [3.8, 4) is 0 Å². The molecule has 0 aliphatic carbocycles. The van der Waals surface area contributed by atoms with Gasteiger partial charge in [-0.15, -0.1) is 0 Å². The Morgan fingerprint density at radius 2 is 1.95 bits per heavy atom. The van der Waals surface area contributed by atoms with Crippen molar-refractivity contribution in [3.63, 3.8) is 0 Å². The zero-order valence-electron chi connectivity index (χ0n) is 13.9. The molecule has 1 rings (SSSR count). The van der Waals surface area contributed by atoms with Crippen LogP contribution in [0.1, 0.15) is 31.7 Å². The number of aromatic nitrogens is 2. The summed E-state index contributed by atoms with van der Waals surface area (Å²) >= 11 is 1.68. The van der Waals surface area contributed by atoms with Gasteiger partial charge in [-0.3, -0.25) is 4.79 Å². The van der Waals surface area contributed by atoms with Crippen molar-refractivity contribution < 1.29 is 9.90 Å². The van der Waals surface area contributed by atoms with Crippen LogP contribution < -0.4 is 10.6 Å². The van der Waals surface area contributed by atoms with Gasteiger partial charge in [0.05, 0.1) is 12.1 Å². The molecule has 1 aromatic heterocycles. The smallest absolute Gasteiger partial charge is 0.243 e. The standard InChI is InChI=1S/C15H26N4O2S/c1-10-8-11(2)17-14(16-10)18-12(6-7-22-5)13(21)19-15(3,4)9-20/h8,12,20H,6-7,9H2,1-5H3,(H,19,21)(H,16,17,18)/t12-/m0/s1. The van der Waals surface area contributed by atoms with E-state index in [0.29, 0.717) is 12.4 Å². The largest absolute Gasteiger partial charge is 0.394 e. The van der Waals surface area contributed by atoms with Crippen LogP contribution in [-0.4, -0.2) is 51.2 Å². The summed E-state index contributed by atoms with van der Waals surface area (Å²) in [4.78, 5) is 21.1. The Hall–Kier alpha value is -1.34. The molecule has 0 fully saturated rings. The molecule has 7 heteroatoms. The molecule has 0 bridgehead atoms. The van der Waals surface area contributed by atoms with Crippen molar-refractivity contribution in [2.75, 3.05) is 23.9 Å². The third-order valence-electron chi connectivity index (χ3n) is 3.07. The first-order valence-corrected chi connectivity index (χ1v) is 8.67. The Morgan fingerprint density at radius 3 is 2.45 bits per heavy atom. The van der Waals surface area contributed by atoms with Crippen molar-refractivity contribution in [3.05, 3.63) is 17.5 Å². The van der Waals surface area contributed by atoms with Crippen LogP contribution in [0.25, 0.3) is 0 Å². The van der Waals surface area contributed by atoms with Crippen LogP contribution in [0, 0.1) is 13.8 Å². The summed E-state index contributed by atoms with van der Waals surface area (Å²) in [6, 6.07) is 1.45. The Kier molecular flexibility index (Phi) is 7.09. The monoisotopic (exact) mass is 326 g/mol. The Morgan fingerprint density at radius 1 is 1.36 bits per heavy atom. The number of aliphatic hydroxyl groups is 1. The molecule has 0 spiro atoms. The van der Waals surface area contributed by atoms with E-state index in [4.69, 9.17) is 0 Å². The second-order valence-electron chi connectivity index (χ2n) is 5.98. The van der Waals surface area contributed by atoms with Gasteiger partial charge in [-0.2, -0.15) is 11.8 Å². The lowest BCUT2D eigenvalue weighted by molar-refractivity contribution is -0.124. The van der Waals surface area contributed by atoms with E-state index in [1.165, 1.54) is 0 Å². The van der Waals surface area contributed by atoms with E-state index in [1.54, 1.807) is 25.6 Å². The fourth-order valence-electron chi connectivity index (χ4n) is 1.91. The lowest BCUT2D eigenvalue weighted by Gasteiger charge is -2.27. The minimum Gasteiger partial charge on any atom is -0.394 e. The molecular weight excluding hydrogens is 300 g/mol. The zero-order valence-corrected chi connectivity index (χ0v) is 14.8. The van der Waals surface area contributed by atoms with Gasteiger partial charge in [-0.25, -0.2) is 9.97 Å². The molecule has 22 heavy (non-hydrogen) atoms. The number of nitrogens with zero attached hydrogens (tertiary/aromatic N) is 2. The van der Waals surface area contributed by atoms with E-state index >= 15 is 0 Å². The van der Waals surface area contributed by atoms with Crippen LogP contribution in [0.4, 0.5) is 5.95 Å². The summed E-state index contributed by atoms with van der Waals surface area (Å²) in [6.07, 6.45) is 2.66. The lowest BCUT2D eigenvalue weighted by atomic mass is 10.1. The van der Waals surface area contributed by atoms with E-state index in [9.17, 15) is 9.90 Å². The first-order valence-electron chi connectivity index (χ1n) is 7.28. The molecule has 1 aromatic rings. The SMILES string of the molecule is CSCC[C@H](Nc1nc(C)cc(C)n1)C(=O)NC(C)(C)CO. The highest BCUT2D eigenvalue weighted by molar-refractivity contribution is 7.98. The number of rotatable bonds is 8. The van der Waals surface area contributed by atoms with Crippen molar-refractivity contribution >= 4 is 23.6 Å². The lowest BCUT2D eigenvalue weighted by Crippen LogP contribution is -2.52. The summed E-state index contributed by atoms with van der Waals surface area (Å²) in [5, 5.41) is 15.3. The highest BCUT2D eigenvalue weighted by Gasteiger charge is 2.25. The van der Waals surface area contributed by atoms with Gasteiger partial charge < -0.3 is 15.7 Å². The van der Waals surface area contributed by atoms with Gasteiger partial charge in [-0.05, 0) is 52.2 Å². The number of nitrogens with one attached hydrogen (secondary N) is 2. The summed E-state index contributed by atoms with van der Waals surface area (Å²) in [5.41, 5.74) is 1.06. The summed E-state index contributed by atoms with van der Waals surface area (Å²) in [6.45, 7) is 7.24. The topological polar surface area (TPSA) is 87.1 Å². The van der Waals surface area contributed by atoms with Crippen LogP contribution in [0.5, 0.6) is 0 Å². The quantitative estimate of drug-likeness (QED) is 0.671. The maximum absolute atomic E-state index is 12.4. The number of aryl methyl sites for hydroxylation is 2. The second-order valence-corrected chi connectivity index (χ2v) is 6.97. The van der Waals surface area contributed by atoms with Crippen molar-refractivity contribution in [1.82, 2.24) is 15.3 Å². The van der Waals surface area contributed by atoms with Gasteiger partial charge in [0.25, 0.3) is 0 Å². The maximum atomic E-state index is 12.4. The van der Waals surface area contributed by atoms with Crippen molar-refractivity contribution in [2.45, 2.75) is 45.7 Å². The molecule has 1 amide bonds.